The summed E-state index contributed by atoms with van der Waals surface area (Å²) >= 11 is 5.96. The Bertz CT molecular complexity index is 1090. The van der Waals surface area contributed by atoms with Gasteiger partial charge in [-0.2, -0.15) is 0 Å². The van der Waals surface area contributed by atoms with E-state index in [4.69, 9.17) is 16.3 Å². The summed E-state index contributed by atoms with van der Waals surface area (Å²) in [5.41, 5.74) is -0.346. The van der Waals surface area contributed by atoms with Crippen LogP contribution in [0.5, 0.6) is 0 Å². The van der Waals surface area contributed by atoms with Crippen LogP contribution in [-0.2, 0) is 9.53 Å². The summed E-state index contributed by atoms with van der Waals surface area (Å²) in [7, 11) is 0. The highest BCUT2D eigenvalue weighted by molar-refractivity contribution is 6.34. The molecule has 0 aromatic heterocycles. The zero-order chi connectivity index (χ0) is 23.7. The fourth-order valence-corrected chi connectivity index (χ4v) is 2.60. The smallest absolute Gasteiger partial charge is 0.340 e. The monoisotopic (exact) mass is 460 g/mol. The number of urea groups is 1. The quantitative estimate of drug-likeness (QED) is 0.236. The summed E-state index contributed by atoms with van der Waals surface area (Å²) in [5, 5.41) is 17.4. The second kappa shape index (κ2) is 11.2. The number of carbonyl (C=O) groups is 4. The number of non-ortho nitro benzene ring substituents is 1. The highest BCUT2D eigenvalue weighted by Crippen LogP contribution is 2.24. The Morgan fingerprint density at radius 3 is 2.50 bits per heavy atom. The number of hydrogen-bond donors (Lipinski definition) is 3. The number of nitro benzene ring substituents is 1. The van der Waals surface area contributed by atoms with E-state index >= 15 is 0 Å². The van der Waals surface area contributed by atoms with E-state index in [2.05, 4.69) is 17.2 Å². The molecule has 0 saturated heterocycles. The maximum Gasteiger partial charge on any atom is 0.340 e. The van der Waals surface area contributed by atoms with E-state index in [-0.39, 0.29) is 34.1 Å². The summed E-state index contributed by atoms with van der Waals surface area (Å²) in [5.74, 6) is -2.52. The maximum absolute atomic E-state index is 12.5. The Hall–Kier alpha value is -4.25. The Morgan fingerprint density at radius 2 is 1.84 bits per heavy atom. The molecule has 0 bridgehead atoms. The fraction of sp³-hybridized carbons (Fsp3) is 0.100. The van der Waals surface area contributed by atoms with Crippen LogP contribution in [-0.4, -0.2) is 41.9 Å². The molecule has 0 heterocycles. The minimum atomic E-state index is -0.933. The normalized spacial score (nSPS) is 9.91. The van der Waals surface area contributed by atoms with E-state index in [9.17, 15) is 29.3 Å². The van der Waals surface area contributed by atoms with E-state index in [0.717, 1.165) is 12.1 Å². The number of nitro groups is 1. The highest BCUT2D eigenvalue weighted by Gasteiger charge is 2.19. The van der Waals surface area contributed by atoms with Crippen molar-refractivity contribution in [2.75, 3.05) is 18.5 Å². The number of benzene rings is 2. The predicted octanol–water partition coefficient (Wildman–Crippen LogP) is 2.67. The van der Waals surface area contributed by atoms with Gasteiger partial charge in [-0.05, 0) is 18.2 Å². The van der Waals surface area contributed by atoms with Crippen LogP contribution in [0.15, 0.2) is 55.1 Å². The number of ether oxygens (including phenoxy) is 1. The van der Waals surface area contributed by atoms with Gasteiger partial charge in [0.15, 0.2) is 6.61 Å². The number of esters is 1. The van der Waals surface area contributed by atoms with Gasteiger partial charge in [0.25, 0.3) is 17.5 Å². The molecule has 0 saturated carbocycles. The molecule has 2 aromatic carbocycles. The van der Waals surface area contributed by atoms with Crippen LogP contribution in [0.25, 0.3) is 0 Å². The molecule has 0 fully saturated rings. The average molecular weight is 461 g/mol. The molecular formula is C20H17ClN4O7. The third kappa shape index (κ3) is 6.64. The number of rotatable bonds is 8. The van der Waals surface area contributed by atoms with Gasteiger partial charge in [-0.1, -0.05) is 29.8 Å². The van der Waals surface area contributed by atoms with Crippen LogP contribution in [0.2, 0.25) is 5.02 Å². The van der Waals surface area contributed by atoms with Crippen molar-refractivity contribution in [2.45, 2.75) is 0 Å². The first-order valence-corrected chi connectivity index (χ1v) is 9.30. The Balaban J connectivity index is 2.06. The summed E-state index contributed by atoms with van der Waals surface area (Å²) in [6, 6.07) is 8.36. The van der Waals surface area contributed by atoms with Gasteiger partial charge in [-0.3, -0.25) is 25.0 Å². The average Bonchev–Trinajstić information content (AvgIpc) is 2.76. The number of para-hydroxylation sites is 1. The number of hydrogen-bond acceptors (Lipinski definition) is 7. The molecule has 2 rings (SSSR count). The van der Waals surface area contributed by atoms with E-state index < -0.39 is 35.3 Å². The maximum atomic E-state index is 12.5. The van der Waals surface area contributed by atoms with E-state index in [1.807, 2.05) is 5.32 Å². The Kier molecular flexibility index (Phi) is 8.43. The number of nitrogens with zero attached hydrogens (tertiary/aromatic N) is 1. The molecular weight excluding hydrogens is 444 g/mol. The molecule has 166 valence electrons. The first-order valence-electron chi connectivity index (χ1n) is 8.93. The third-order valence-corrected chi connectivity index (χ3v) is 4.11. The molecule has 0 aliphatic rings. The van der Waals surface area contributed by atoms with Crippen LogP contribution in [0.4, 0.5) is 16.2 Å². The van der Waals surface area contributed by atoms with Crippen molar-refractivity contribution in [1.82, 2.24) is 10.6 Å². The van der Waals surface area contributed by atoms with E-state index in [1.54, 1.807) is 6.07 Å². The third-order valence-electron chi connectivity index (χ3n) is 3.80. The summed E-state index contributed by atoms with van der Waals surface area (Å²) in [6.45, 7) is 2.81. The van der Waals surface area contributed by atoms with E-state index in [0.29, 0.717) is 0 Å². The predicted molar refractivity (Wildman–Crippen MR) is 115 cm³/mol. The van der Waals surface area contributed by atoms with Crippen molar-refractivity contribution in [3.63, 3.8) is 0 Å². The lowest BCUT2D eigenvalue weighted by molar-refractivity contribution is -0.384. The number of nitrogens with one attached hydrogen (secondary N) is 3. The lowest BCUT2D eigenvalue weighted by atomic mass is 10.1. The highest BCUT2D eigenvalue weighted by atomic mass is 35.5. The number of anilines is 1. The van der Waals surface area contributed by atoms with Crippen molar-refractivity contribution in [1.29, 1.82) is 0 Å². The molecule has 0 aliphatic heterocycles. The van der Waals surface area contributed by atoms with Crippen molar-refractivity contribution in [3.8, 4) is 0 Å². The van der Waals surface area contributed by atoms with Crippen LogP contribution in [0.3, 0.4) is 0 Å². The van der Waals surface area contributed by atoms with Gasteiger partial charge in [0.1, 0.15) is 0 Å². The zero-order valence-electron chi connectivity index (χ0n) is 16.4. The van der Waals surface area contributed by atoms with Gasteiger partial charge < -0.3 is 15.4 Å². The Morgan fingerprint density at radius 1 is 1.12 bits per heavy atom. The minimum Gasteiger partial charge on any atom is -0.452 e. The van der Waals surface area contributed by atoms with Crippen LogP contribution in [0.1, 0.15) is 20.7 Å². The second-order valence-corrected chi connectivity index (χ2v) is 6.45. The lowest BCUT2D eigenvalue weighted by Crippen LogP contribution is -2.41. The first-order chi connectivity index (χ1) is 15.2. The molecule has 0 aliphatic carbocycles. The molecule has 32 heavy (non-hydrogen) atoms. The summed E-state index contributed by atoms with van der Waals surface area (Å²) in [4.78, 5) is 58.1. The number of halogens is 1. The van der Waals surface area contributed by atoms with Gasteiger partial charge in [0.2, 0.25) is 0 Å². The molecule has 0 radical (unpaired) electrons. The van der Waals surface area contributed by atoms with Crippen molar-refractivity contribution >= 4 is 46.8 Å². The molecule has 0 atom stereocenters. The molecule has 12 heteroatoms. The number of imide groups is 1. The summed E-state index contributed by atoms with van der Waals surface area (Å²) in [6.07, 6.45) is 1.42. The minimum absolute atomic E-state index is 0.0506. The van der Waals surface area contributed by atoms with Crippen molar-refractivity contribution in [3.05, 3.63) is 81.4 Å². The van der Waals surface area contributed by atoms with Crippen LogP contribution < -0.4 is 16.0 Å². The largest absolute Gasteiger partial charge is 0.452 e. The Labute approximate surface area is 186 Å². The lowest BCUT2D eigenvalue weighted by Gasteiger charge is -2.11. The van der Waals surface area contributed by atoms with Crippen molar-refractivity contribution < 1.29 is 28.8 Å². The second-order valence-electron chi connectivity index (χ2n) is 6.04. The SMILES string of the molecule is C=CCNC(=O)NC(=O)COC(=O)c1ccccc1NC(=O)c1ccc([N+](=O)[O-])cc1Cl. The number of amides is 4. The van der Waals surface area contributed by atoms with Gasteiger partial charge >= 0.3 is 12.0 Å². The van der Waals surface area contributed by atoms with Crippen LogP contribution >= 0.6 is 11.6 Å². The van der Waals surface area contributed by atoms with E-state index in [1.165, 1.54) is 30.3 Å². The molecule has 2 aromatic rings. The molecule has 11 nitrogen and oxygen atoms in total. The van der Waals surface area contributed by atoms with Gasteiger partial charge in [0, 0.05) is 18.7 Å². The molecule has 0 spiro atoms. The molecule has 0 unspecified atom stereocenters. The number of carbonyl (C=O) groups excluding carboxylic acids is 4. The molecule has 4 amide bonds. The van der Waals surface area contributed by atoms with Gasteiger partial charge in [0.05, 0.1) is 26.8 Å². The van der Waals surface area contributed by atoms with Crippen molar-refractivity contribution in [2.24, 2.45) is 0 Å². The summed E-state index contributed by atoms with van der Waals surface area (Å²) < 4.78 is 4.89. The van der Waals surface area contributed by atoms with Gasteiger partial charge in [-0.25, -0.2) is 9.59 Å². The zero-order valence-corrected chi connectivity index (χ0v) is 17.2. The standard InChI is InChI=1S/C20H17ClN4O7/c1-2-9-22-20(29)24-17(26)11-32-19(28)14-5-3-4-6-16(14)23-18(27)13-8-7-12(25(30)31)10-15(13)21/h2-8,10H,1,9,11H2,(H,23,27)(H2,22,24,26,29). The van der Waals surface area contributed by atoms with Gasteiger partial charge in [-0.15, -0.1) is 6.58 Å². The first kappa shape index (κ1) is 24.0. The topological polar surface area (TPSA) is 157 Å². The van der Waals surface area contributed by atoms with Crippen LogP contribution in [0, 0.1) is 10.1 Å². The molecule has 3 N–H and O–H groups in total. The fourth-order valence-electron chi connectivity index (χ4n) is 2.34.